The number of fused-ring (bicyclic) bond motifs is 1. The van der Waals surface area contributed by atoms with Crippen molar-refractivity contribution in [1.82, 2.24) is 4.98 Å². The number of hydrogen-bond donors (Lipinski definition) is 2. The van der Waals surface area contributed by atoms with E-state index < -0.39 is 0 Å². The first kappa shape index (κ1) is 13.4. The van der Waals surface area contributed by atoms with Gasteiger partial charge in [-0.2, -0.15) is 5.26 Å². The molecule has 100 valence electrons. The average Bonchev–Trinajstić information content (AvgIpc) is 2.80. The Bertz CT molecular complexity index is 583. The van der Waals surface area contributed by atoms with Gasteiger partial charge in [-0.3, -0.25) is 0 Å². The van der Waals surface area contributed by atoms with E-state index in [0.29, 0.717) is 13.0 Å². The Balaban J connectivity index is 2.16. The van der Waals surface area contributed by atoms with Gasteiger partial charge in [0.05, 0.1) is 12.2 Å². The number of nitrogens with zero attached hydrogens (tertiary/aromatic N) is 1. The van der Waals surface area contributed by atoms with Gasteiger partial charge in [0.2, 0.25) is 0 Å². The maximum Gasteiger partial charge on any atom is 0.120 e. The van der Waals surface area contributed by atoms with Crippen molar-refractivity contribution >= 4 is 10.9 Å². The van der Waals surface area contributed by atoms with Gasteiger partial charge in [-0.25, -0.2) is 0 Å². The Kier molecular flexibility index (Phi) is 4.43. The third-order valence-corrected chi connectivity index (χ3v) is 3.15. The van der Waals surface area contributed by atoms with Crippen LogP contribution < -0.4 is 10.5 Å². The lowest BCUT2D eigenvalue weighted by Crippen LogP contribution is -2.11. The second kappa shape index (κ2) is 6.26. The first-order valence-electron chi connectivity index (χ1n) is 6.58. The number of hydrogen-bond acceptors (Lipinski definition) is 3. The van der Waals surface area contributed by atoms with E-state index in [0.717, 1.165) is 29.5 Å². The molecule has 0 aliphatic heterocycles. The lowest BCUT2D eigenvalue weighted by Gasteiger charge is -2.13. The standard InChI is InChI=1S/C15H19N3O/c1-11(3-2-7-16)19-13-4-5-15-14(9-13)12(6-8-17)10-18-15/h4-5,9-11,18H,2-3,6,8,17H2,1H3. The van der Waals surface area contributed by atoms with Crippen LogP contribution in [0.15, 0.2) is 24.4 Å². The van der Waals surface area contributed by atoms with E-state index in [-0.39, 0.29) is 6.10 Å². The van der Waals surface area contributed by atoms with Crippen molar-refractivity contribution < 1.29 is 4.74 Å². The molecule has 1 atom stereocenters. The zero-order valence-corrected chi connectivity index (χ0v) is 11.1. The van der Waals surface area contributed by atoms with E-state index in [1.165, 1.54) is 5.56 Å². The van der Waals surface area contributed by atoms with Gasteiger partial charge in [0.25, 0.3) is 0 Å². The van der Waals surface area contributed by atoms with E-state index in [4.69, 9.17) is 15.7 Å². The summed E-state index contributed by atoms with van der Waals surface area (Å²) in [7, 11) is 0. The summed E-state index contributed by atoms with van der Waals surface area (Å²) in [5, 5.41) is 9.73. The molecule has 4 heteroatoms. The van der Waals surface area contributed by atoms with Crippen LogP contribution >= 0.6 is 0 Å². The highest BCUT2D eigenvalue weighted by atomic mass is 16.5. The molecule has 0 saturated carbocycles. The topological polar surface area (TPSA) is 74.8 Å². The van der Waals surface area contributed by atoms with Crippen LogP contribution in [0.1, 0.15) is 25.3 Å². The Morgan fingerprint density at radius 1 is 1.47 bits per heavy atom. The Morgan fingerprint density at radius 3 is 3.05 bits per heavy atom. The molecular weight excluding hydrogens is 238 g/mol. The van der Waals surface area contributed by atoms with Gasteiger partial charge in [0.1, 0.15) is 5.75 Å². The number of aromatic amines is 1. The van der Waals surface area contributed by atoms with Crippen molar-refractivity contribution in [3.8, 4) is 11.8 Å². The van der Waals surface area contributed by atoms with Crippen LogP contribution in [0.5, 0.6) is 5.75 Å². The van der Waals surface area contributed by atoms with Crippen LogP contribution in [-0.2, 0) is 6.42 Å². The third kappa shape index (κ3) is 3.27. The number of nitriles is 1. The molecule has 0 amide bonds. The number of benzene rings is 1. The predicted molar refractivity (Wildman–Crippen MR) is 76.0 cm³/mol. The number of ether oxygens (including phenoxy) is 1. The van der Waals surface area contributed by atoms with Gasteiger partial charge < -0.3 is 15.5 Å². The fraction of sp³-hybridized carbons (Fsp3) is 0.400. The van der Waals surface area contributed by atoms with Gasteiger partial charge in [0, 0.05) is 23.5 Å². The average molecular weight is 257 g/mol. The Hall–Kier alpha value is -1.99. The van der Waals surface area contributed by atoms with Crippen LogP contribution in [0.25, 0.3) is 10.9 Å². The minimum absolute atomic E-state index is 0.0500. The zero-order valence-electron chi connectivity index (χ0n) is 11.1. The molecular formula is C15H19N3O. The molecule has 0 spiro atoms. The molecule has 1 aromatic carbocycles. The summed E-state index contributed by atoms with van der Waals surface area (Å²) in [5.74, 6) is 0.843. The molecule has 19 heavy (non-hydrogen) atoms. The summed E-state index contributed by atoms with van der Waals surface area (Å²) in [4.78, 5) is 3.23. The van der Waals surface area contributed by atoms with Crippen molar-refractivity contribution in [2.24, 2.45) is 5.73 Å². The molecule has 2 rings (SSSR count). The minimum Gasteiger partial charge on any atom is -0.491 e. The van der Waals surface area contributed by atoms with Crippen LogP contribution in [0, 0.1) is 11.3 Å². The molecule has 1 heterocycles. The maximum atomic E-state index is 8.57. The first-order chi connectivity index (χ1) is 9.24. The summed E-state index contributed by atoms with van der Waals surface area (Å²) in [6, 6.07) is 8.15. The van der Waals surface area contributed by atoms with Crippen LogP contribution in [0.3, 0.4) is 0 Å². The van der Waals surface area contributed by atoms with Crippen LogP contribution in [0.2, 0.25) is 0 Å². The monoisotopic (exact) mass is 257 g/mol. The largest absolute Gasteiger partial charge is 0.491 e. The number of rotatable bonds is 6. The second-order valence-electron chi connectivity index (χ2n) is 4.69. The van der Waals surface area contributed by atoms with Crippen molar-refractivity contribution in [1.29, 1.82) is 5.26 Å². The van der Waals surface area contributed by atoms with Gasteiger partial charge in [-0.15, -0.1) is 0 Å². The molecule has 0 fully saturated rings. The van der Waals surface area contributed by atoms with Crippen molar-refractivity contribution in [2.75, 3.05) is 6.54 Å². The first-order valence-corrected chi connectivity index (χ1v) is 6.58. The minimum atomic E-state index is 0.0500. The lowest BCUT2D eigenvalue weighted by molar-refractivity contribution is 0.213. The van der Waals surface area contributed by atoms with Crippen molar-refractivity contribution in [2.45, 2.75) is 32.3 Å². The molecule has 3 N–H and O–H groups in total. The van der Waals surface area contributed by atoms with E-state index in [1.807, 2.05) is 31.3 Å². The number of nitrogens with two attached hydrogens (primary N) is 1. The fourth-order valence-corrected chi connectivity index (χ4v) is 2.15. The maximum absolute atomic E-state index is 8.57. The Morgan fingerprint density at radius 2 is 2.32 bits per heavy atom. The summed E-state index contributed by atoms with van der Waals surface area (Å²) in [6.07, 6.45) is 4.17. The Labute approximate surface area is 113 Å². The zero-order chi connectivity index (χ0) is 13.7. The summed E-state index contributed by atoms with van der Waals surface area (Å²) < 4.78 is 5.83. The molecule has 4 nitrogen and oxygen atoms in total. The molecule has 0 radical (unpaired) electrons. The van der Waals surface area contributed by atoms with Gasteiger partial charge in [-0.05, 0) is 50.1 Å². The predicted octanol–water partition coefficient (Wildman–Crippen LogP) is 2.74. The normalized spacial score (nSPS) is 12.3. The molecule has 0 aliphatic rings. The molecule has 1 unspecified atom stereocenters. The van der Waals surface area contributed by atoms with E-state index >= 15 is 0 Å². The van der Waals surface area contributed by atoms with Crippen molar-refractivity contribution in [3.05, 3.63) is 30.0 Å². The van der Waals surface area contributed by atoms with Gasteiger partial charge >= 0.3 is 0 Å². The smallest absolute Gasteiger partial charge is 0.120 e. The highest BCUT2D eigenvalue weighted by molar-refractivity contribution is 5.84. The van der Waals surface area contributed by atoms with Crippen LogP contribution in [-0.4, -0.2) is 17.6 Å². The SMILES string of the molecule is CC(CCC#N)Oc1ccc2[nH]cc(CCN)c2c1. The number of aromatic nitrogens is 1. The van der Waals surface area contributed by atoms with Gasteiger partial charge in [0.15, 0.2) is 0 Å². The van der Waals surface area contributed by atoms with Crippen LogP contribution in [0.4, 0.5) is 0 Å². The molecule has 2 aromatic rings. The van der Waals surface area contributed by atoms with E-state index in [2.05, 4.69) is 11.1 Å². The highest BCUT2D eigenvalue weighted by Gasteiger charge is 2.07. The number of H-pyrrole nitrogens is 1. The number of nitrogens with one attached hydrogen (secondary N) is 1. The quantitative estimate of drug-likeness (QED) is 0.835. The molecule has 0 saturated heterocycles. The van der Waals surface area contributed by atoms with E-state index in [1.54, 1.807) is 0 Å². The highest BCUT2D eigenvalue weighted by Crippen LogP contribution is 2.25. The molecule has 0 aliphatic carbocycles. The molecule has 0 bridgehead atoms. The second-order valence-corrected chi connectivity index (χ2v) is 4.69. The fourth-order valence-electron chi connectivity index (χ4n) is 2.15. The van der Waals surface area contributed by atoms with Crippen molar-refractivity contribution in [3.63, 3.8) is 0 Å². The van der Waals surface area contributed by atoms with Gasteiger partial charge in [-0.1, -0.05) is 0 Å². The lowest BCUT2D eigenvalue weighted by atomic mass is 10.1. The summed E-state index contributed by atoms with van der Waals surface area (Å²) in [5.41, 5.74) is 7.92. The molecule has 1 aromatic heterocycles. The third-order valence-electron chi connectivity index (χ3n) is 3.15. The van der Waals surface area contributed by atoms with E-state index in [9.17, 15) is 0 Å². The summed E-state index contributed by atoms with van der Waals surface area (Å²) >= 11 is 0. The summed E-state index contributed by atoms with van der Waals surface area (Å²) in [6.45, 7) is 2.62.